The van der Waals surface area contributed by atoms with E-state index in [2.05, 4.69) is 22.8 Å². The standard InChI is InChI=1S/C22H27NO4S/c24-9-3-4-10-26-21-12-16(18-14-28-20-6-2-1-5-17(18)20)11-19(27-21)22(25)23-13-15-7-8-15/h1-2,5-6,11,14-16,21,24H,3-4,7-10,12-13H2,(H,23,25)/t16-,21+/m1/s1. The summed E-state index contributed by atoms with van der Waals surface area (Å²) >= 11 is 1.73. The molecule has 2 aromatic rings. The lowest BCUT2D eigenvalue weighted by Gasteiger charge is -2.29. The number of thiophene rings is 1. The lowest BCUT2D eigenvalue weighted by Crippen LogP contribution is -2.33. The molecule has 0 bridgehead atoms. The SMILES string of the molecule is O=C(NCC1CC1)C1=C[C@@H](c2csc3ccccc23)C[C@@H](OCCCCO)O1. The molecule has 0 unspecified atom stereocenters. The van der Waals surface area contributed by atoms with Crippen LogP contribution in [-0.2, 0) is 14.3 Å². The number of nitrogens with one attached hydrogen (secondary N) is 1. The molecule has 1 amide bonds. The van der Waals surface area contributed by atoms with Crippen molar-refractivity contribution in [1.29, 1.82) is 0 Å². The average Bonchev–Trinajstić information content (AvgIpc) is 3.46. The first-order chi connectivity index (χ1) is 13.7. The molecule has 28 heavy (non-hydrogen) atoms. The van der Waals surface area contributed by atoms with Crippen LogP contribution in [0, 0.1) is 5.92 Å². The van der Waals surface area contributed by atoms with E-state index in [1.54, 1.807) is 11.3 Å². The number of hydrogen-bond acceptors (Lipinski definition) is 5. The summed E-state index contributed by atoms with van der Waals surface area (Å²) in [5.41, 5.74) is 1.22. The summed E-state index contributed by atoms with van der Waals surface area (Å²) in [5, 5.41) is 15.4. The van der Waals surface area contributed by atoms with Crippen molar-refractivity contribution < 1.29 is 19.4 Å². The highest BCUT2D eigenvalue weighted by atomic mass is 32.1. The van der Waals surface area contributed by atoms with Crippen LogP contribution < -0.4 is 5.32 Å². The molecule has 6 heteroatoms. The predicted octanol–water partition coefficient (Wildman–Crippen LogP) is 3.93. The van der Waals surface area contributed by atoms with E-state index in [0.717, 1.165) is 6.42 Å². The van der Waals surface area contributed by atoms with Gasteiger partial charge in [0, 0.05) is 30.2 Å². The molecule has 1 aliphatic heterocycles. The minimum Gasteiger partial charge on any atom is -0.459 e. The lowest BCUT2D eigenvalue weighted by molar-refractivity contribution is -0.146. The molecular formula is C22H27NO4S. The highest BCUT2D eigenvalue weighted by Gasteiger charge is 2.30. The van der Waals surface area contributed by atoms with Crippen LogP contribution in [0.1, 0.15) is 43.6 Å². The fourth-order valence-corrected chi connectivity index (χ4v) is 4.52. The zero-order valence-electron chi connectivity index (χ0n) is 15.9. The molecule has 1 aromatic carbocycles. The van der Waals surface area contributed by atoms with E-state index < -0.39 is 6.29 Å². The van der Waals surface area contributed by atoms with Gasteiger partial charge in [-0.2, -0.15) is 0 Å². The van der Waals surface area contributed by atoms with E-state index in [0.29, 0.717) is 37.7 Å². The van der Waals surface area contributed by atoms with E-state index in [-0.39, 0.29) is 18.4 Å². The Labute approximate surface area is 169 Å². The van der Waals surface area contributed by atoms with E-state index in [4.69, 9.17) is 14.6 Å². The molecule has 150 valence electrons. The molecule has 2 heterocycles. The largest absolute Gasteiger partial charge is 0.459 e. The lowest BCUT2D eigenvalue weighted by atomic mass is 9.92. The third-order valence-corrected chi connectivity index (χ3v) is 6.28. The summed E-state index contributed by atoms with van der Waals surface area (Å²) in [4.78, 5) is 12.6. The van der Waals surface area contributed by atoms with Crippen molar-refractivity contribution in [3.63, 3.8) is 0 Å². The zero-order chi connectivity index (χ0) is 19.3. The van der Waals surface area contributed by atoms with Crippen molar-refractivity contribution in [2.24, 2.45) is 5.92 Å². The van der Waals surface area contributed by atoms with Gasteiger partial charge in [0.25, 0.3) is 5.91 Å². The van der Waals surface area contributed by atoms with Crippen molar-refractivity contribution >= 4 is 27.3 Å². The molecule has 1 saturated carbocycles. The number of aliphatic hydroxyl groups excluding tert-OH is 1. The number of amides is 1. The van der Waals surface area contributed by atoms with Gasteiger partial charge in [-0.15, -0.1) is 11.3 Å². The maximum Gasteiger partial charge on any atom is 0.286 e. The van der Waals surface area contributed by atoms with Crippen LogP contribution >= 0.6 is 11.3 Å². The fraction of sp³-hybridized carbons (Fsp3) is 0.500. The number of ether oxygens (including phenoxy) is 2. The number of rotatable bonds is 9. The molecule has 2 N–H and O–H groups in total. The first-order valence-corrected chi connectivity index (χ1v) is 11.0. The first kappa shape index (κ1) is 19.4. The summed E-state index contributed by atoms with van der Waals surface area (Å²) in [6.45, 7) is 1.39. The Morgan fingerprint density at radius 2 is 2.14 bits per heavy atom. The number of carbonyl (C=O) groups excluding carboxylic acids is 1. The van der Waals surface area contributed by atoms with Crippen LogP contribution in [0.3, 0.4) is 0 Å². The Morgan fingerprint density at radius 1 is 1.29 bits per heavy atom. The van der Waals surface area contributed by atoms with Gasteiger partial charge in [-0.05, 0) is 60.1 Å². The van der Waals surface area contributed by atoms with Crippen molar-refractivity contribution in [3.8, 4) is 0 Å². The highest BCUT2D eigenvalue weighted by Crippen LogP contribution is 2.38. The van der Waals surface area contributed by atoms with Gasteiger partial charge < -0.3 is 19.9 Å². The number of benzene rings is 1. The molecule has 5 nitrogen and oxygen atoms in total. The van der Waals surface area contributed by atoms with Gasteiger partial charge in [-0.25, -0.2) is 0 Å². The maximum atomic E-state index is 12.6. The normalized spacial score (nSPS) is 22.0. The minimum absolute atomic E-state index is 0.0782. The fourth-order valence-electron chi connectivity index (χ4n) is 3.50. The van der Waals surface area contributed by atoms with Gasteiger partial charge in [-0.3, -0.25) is 4.79 Å². The van der Waals surface area contributed by atoms with Gasteiger partial charge in [-0.1, -0.05) is 18.2 Å². The summed E-state index contributed by atoms with van der Waals surface area (Å²) in [5.74, 6) is 0.907. The average molecular weight is 402 g/mol. The quantitative estimate of drug-likeness (QED) is 0.625. The van der Waals surface area contributed by atoms with Gasteiger partial charge in [0.15, 0.2) is 5.76 Å². The van der Waals surface area contributed by atoms with Gasteiger partial charge in [0.2, 0.25) is 6.29 Å². The van der Waals surface area contributed by atoms with Crippen LogP contribution in [0.15, 0.2) is 41.5 Å². The molecule has 1 aliphatic carbocycles. The third kappa shape index (κ3) is 4.74. The number of carbonyl (C=O) groups is 1. The van der Waals surface area contributed by atoms with Crippen LogP contribution in [0.2, 0.25) is 0 Å². The highest BCUT2D eigenvalue weighted by molar-refractivity contribution is 7.17. The molecular weight excluding hydrogens is 374 g/mol. The summed E-state index contributed by atoms with van der Waals surface area (Å²) < 4.78 is 13.0. The number of unbranched alkanes of at least 4 members (excludes halogenated alkanes) is 1. The third-order valence-electron chi connectivity index (χ3n) is 5.30. The predicted molar refractivity (Wildman–Crippen MR) is 110 cm³/mol. The molecule has 4 rings (SSSR count). The van der Waals surface area contributed by atoms with Crippen LogP contribution in [-0.4, -0.2) is 37.1 Å². The Morgan fingerprint density at radius 3 is 2.96 bits per heavy atom. The maximum absolute atomic E-state index is 12.6. The Balaban J connectivity index is 1.51. The molecule has 0 radical (unpaired) electrons. The second-order valence-corrected chi connectivity index (χ2v) is 8.47. The van der Waals surface area contributed by atoms with Crippen LogP contribution in [0.5, 0.6) is 0 Å². The van der Waals surface area contributed by atoms with Crippen molar-refractivity contribution in [1.82, 2.24) is 5.32 Å². The number of allylic oxidation sites excluding steroid dienone is 1. The summed E-state index contributed by atoms with van der Waals surface area (Å²) in [6, 6.07) is 8.35. The number of fused-ring (bicyclic) bond motifs is 1. The second kappa shape index (κ2) is 9.07. The monoisotopic (exact) mass is 401 g/mol. The summed E-state index contributed by atoms with van der Waals surface area (Å²) in [6.07, 6.45) is 6.05. The van der Waals surface area contributed by atoms with E-state index in [9.17, 15) is 4.79 Å². The Hall–Kier alpha value is -1.89. The van der Waals surface area contributed by atoms with Gasteiger partial charge >= 0.3 is 0 Å². The van der Waals surface area contributed by atoms with E-state index in [1.807, 2.05) is 18.2 Å². The van der Waals surface area contributed by atoms with Gasteiger partial charge in [0.05, 0.1) is 6.61 Å². The molecule has 2 atom stereocenters. The Bertz CT molecular complexity index is 842. The topological polar surface area (TPSA) is 67.8 Å². The van der Waals surface area contributed by atoms with Crippen molar-refractivity contribution in [2.45, 2.75) is 44.3 Å². The summed E-state index contributed by atoms with van der Waals surface area (Å²) in [7, 11) is 0. The Kier molecular flexibility index (Phi) is 6.29. The molecule has 1 aromatic heterocycles. The second-order valence-electron chi connectivity index (χ2n) is 7.56. The molecule has 2 aliphatic rings. The zero-order valence-corrected chi connectivity index (χ0v) is 16.7. The molecule has 0 saturated heterocycles. The molecule has 1 fully saturated rings. The van der Waals surface area contributed by atoms with Crippen LogP contribution in [0.4, 0.5) is 0 Å². The smallest absolute Gasteiger partial charge is 0.286 e. The van der Waals surface area contributed by atoms with Crippen molar-refractivity contribution in [2.75, 3.05) is 19.8 Å². The molecule has 0 spiro atoms. The van der Waals surface area contributed by atoms with E-state index >= 15 is 0 Å². The van der Waals surface area contributed by atoms with E-state index in [1.165, 1.54) is 28.5 Å². The van der Waals surface area contributed by atoms with Crippen molar-refractivity contribution in [3.05, 3.63) is 47.0 Å². The number of hydrogen-bond donors (Lipinski definition) is 2. The minimum atomic E-state index is -0.450. The van der Waals surface area contributed by atoms with Crippen LogP contribution in [0.25, 0.3) is 10.1 Å². The number of aliphatic hydroxyl groups is 1. The van der Waals surface area contributed by atoms with Gasteiger partial charge in [0.1, 0.15) is 0 Å². The first-order valence-electron chi connectivity index (χ1n) is 10.1.